The molecular weight excluding hydrogens is 715 g/mol. The lowest BCUT2D eigenvalue weighted by atomic mass is 10.1. The fourth-order valence-electron chi connectivity index (χ4n) is 4.98. The molecule has 52 heavy (non-hydrogen) atoms. The van der Waals surface area contributed by atoms with Gasteiger partial charge in [0.15, 0.2) is 0 Å². The van der Waals surface area contributed by atoms with E-state index in [4.69, 9.17) is 21.1 Å². The van der Waals surface area contributed by atoms with Crippen LogP contribution < -0.4 is 25.4 Å². The normalized spacial score (nSPS) is 12.0. The molecule has 0 saturated carbocycles. The summed E-state index contributed by atoms with van der Waals surface area (Å²) in [5.74, 6) is -0.975. The molecule has 266 valence electrons. The Labute approximate surface area is 307 Å². The van der Waals surface area contributed by atoms with E-state index in [1.807, 2.05) is 0 Å². The third kappa shape index (κ3) is 9.74. The van der Waals surface area contributed by atoms with Gasteiger partial charge in [-0.3, -0.25) is 14.4 Å². The monoisotopic (exact) mass is 745 g/mol. The van der Waals surface area contributed by atoms with Gasteiger partial charge in [-0.15, -0.1) is 11.8 Å². The van der Waals surface area contributed by atoms with Gasteiger partial charge in [0.1, 0.15) is 22.4 Å². The van der Waals surface area contributed by atoms with Crippen molar-refractivity contribution in [3.8, 4) is 11.5 Å². The zero-order valence-electron chi connectivity index (χ0n) is 27.7. The average Bonchev–Trinajstić information content (AvgIpc) is 3.14. The molecule has 5 rings (SSSR count). The highest BCUT2D eigenvalue weighted by molar-refractivity contribution is 8.00. The van der Waals surface area contributed by atoms with Crippen LogP contribution in [0.15, 0.2) is 132 Å². The Kier molecular flexibility index (Phi) is 12.3. The Bertz CT molecular complexity index is 2100. The second kappa shape index (κ2) is 17.0. The standard InChI is InChI=1S/C39H31ClF3N3O5S/c1-50-29-18-16-26(34(23-29)51-2)20-33(46-36(47)25-12-7-4-8-13-25)37(48)44-28-14-9-15-30(22-28)52-35(24-10-5-3-6-11-24)38(49)45-32-19-17-27(40)21-31(32)39(41,42)43/h3-23,35H,1-2H3,(H,44,48)(H,45,49)(H,46,47)/b33-20+. The molecule has 0 aliphatic carbocycles. The van der Waals surface area contributed by atoms with Gasteiger partial charge in [-0.05, 0) is 72.3 Å². The number of halogens is 4. The van der Waals surface area contributed by atoms with E-state index < -0.39 is 40.4 Å². The van der Waals surface area contributed by atoms with Crippen LogP contribution in [-0.2, 0) is 15.8 Å². The fourth-order valence-corrected chi connectivity index (χ4v) is 6.23. The highest BCUT2D eigenvalue weighted by Gasteiger charge is 2.35. The molecule has 8 nitrogen and oxygen atoms in total. The number of carbonyl (C=O) groups excluding carboxylic acids is 3. The summed E-state index contributed by atoms with van der Waals surface area (Å²) in [6.07, 6.45) is -3.30. The Morgan fingerprint density at radius 2 is 1.50 bits per heavy atom. The van der Waals surface area contributed by atoms with Crippen LogP contribution in [0.4, 0.5) is 24.5 Å². The summed E-state index contributed by atoms with van der Waals surface area (Å²) < 4.78 is 52.2. The molecule has 5 aromatic carbocycles. The van der Waals surface area contributed by atoms with Crippen LogP contribution in [0.25, 0.3) is 6.08 Å². The summed E-state index contributed by atoms with van der Waals surface area (Å²) in [5, 5.41) is 6.78. The van der Waals surface area contributed by atoms with Crippen molar-refractivity contribution in [3.05, 3.63) is 154 Å². The first-order valence-electron chi connectivity index (χ1n) is 15.6. The fraction of sp³-hybridized carbons (Fsp3) is 0.103. The van der Waals surface area contributed by atoms with Gasteiger partial charge in [-0.2, -0.15) is 13.2 Å². The smallest absolute Gasteiger partial charge is 0.418 e. The van der Waals surface area contributed by atoms with E-state index in [0.29, 0.717) is 38.8 Å². The number of benzene rings is 5. The van der Waals surface area contributed by atoms with Crippen molar-refractivity contribution in [1.82, 2.24) is 5.32 Å². The molecule has 5 aromatic rings. The van der Waals surface area contributed by atoms with Gasteiger partial charge in [0.2, 0.25) is 5.91 Å². The van der Waals surface area contributed by atoms with Crippen molar-refractivity contribution < 1.29 is 37.0 Å². The lowest BCUT2D eigenvalue weighted by Gasteiger charge is -2.20. The van der Waals surface area contributed by atoms with Gasteiger partial charge in [0.05, 0.1) is 25.5 Å². The summed E-state index contributed by atoms with van der Waals surface area (Å²) in [7, 11) is 2.97. The third-order valence-electron chi connectivity index (χ3n) is 7.50. The van der Waals surface area contributed by atoms with E-state index in [-0.39, 0.29) is 10.7 Å². The maximum Gasteiger partial charge on any atom is 0.418 e. The first-order valence-corrected chi connectivity index (χ1v) is 16.8. The predicted molar refractivity (Wildman–Crippen MR) is 197 cm³/mol. The SMILES string of the molecule is COc1ccc(/C=C(/NC(=O)c2ccccc2)C(=O)Nc2cccc(SC(C(=O)Nc3ccc(Cl)cc3C(F)(F)F)c3ccccc3)c2)c(OC)c1. The van der Waals surface area contributed by atoms with Crippen molar-refractivity contribution >= 4 is 58.5 Å². The lowest BCUT2D eigenvalue weighted by molar-refractivity contribution is -0.137. The third-order valence-corrected chi connectivity index (χ3v) is 8.98. The van der Waals surface area contributed by atoms with E-state index in [9.17, 15) is 27.6 Å². The minimum Gasteiger partial charge on any atom is -0.497 e. The minimum atomic E-state index is -4.76. The number of alkyl halides is 3. The molecule has 1 unspecified atom stereocenters. The molecule has 0 aliphatic rings. The number of nitrogens with one attached hydrogen (secondary N) is 3. The molecular formula is C39H31ClF3N3O5S. The summed E-state index contributed by atoms with van der Waals surface area (Å²) in [6, 6.07) is 31.6. The van der Waals surface area contributed by atoms with Crippen LogP contribution in [0, 0.1) is 0 Å². The summed E-state index contributed by atoms with van der Waals surface area (Å²) in [6.45, 7) is 0. The molecule has 0 aliphatic heterocycles. The van der Waals surface area contributed by atoms with Crippen molar-refractivity contribution in [2.24, 2.45) is 0 Å². The van der Waals surface area contributed by atoms with E-state index in [0.717, 1.165) is 23.9 Å². The van der Waals surface area contributed by atoms with Crippen LogP contribution in [0.1, 0.15) is 32.3 Å². The summed E-state index contributed by atoms with van der Waals surface area (Å²) >= 11 is 6.90. The number of carbonyl (C=O) groups is 3. The van der Waals surface area contributed by atoms with Crippen molar-refractivity contribution in [1.29, 1.82) is 0 Å². The van der Waals surface area contributed by atoms with Crippen LogP contribution >= 0.6 is 23.4 Å². The molecule has 0 radical (unpaired) electrons. The number of hydrogen-bond donors (Lipinski definition) is 3. The average molecular weight is 746 g/mol. The van der Waals surface area contributed by atoms with Crippen molar-refractivity contribution in [2.75, 3.05) is 24.9 Å². The molecule has 0 fully saturated rings. The van der Waals surface area contributed by atoms with Crippen LogP contribution in [0.3, 0.4) is 0 Å². The van der Waals surface area contributed by atoms with E-state index >= 15 is 0 Å². The molecule has 0 bridgehead atoms. The number of hydrogen-bond acceptors (Lipinski definition) is 6. The molecule has 0 saturated heterocycles. The summed E-state index contributed by atoms with van der Waals surface area (Å²) in [5.41, 5.74) is 0.0512. The lowest BCUT2D eigenvalue weighted by Crippen LogP contribution is -2.30. The van der Waals surface area contributed by atoms with Crippen molar-refractivity contribution in [3.63, 3.8) is 0 Å². The largest absolute Gasteiger partial charge is 0.497 e. The Morgan fingerprint density at radius 1 is 0.788 bits per heavy atom. The second-order valence-corrected chi connectivity index (χ2v) is 12.7. The van der Waals surface area contributed by atoms with Gasteiger partial charge in [0.25, 0.3) is 11.8 Å². The first kappa shape index (κ1) is 37.5. The molecule has 0 spiro atoms. The van der Waals surface area contributed by atoms with E-state index in [1.165, 1.54) is 26.4 Å². The predicted octanol–water partition coefficient (Wildman–Crippen LogP) is 9.26. The number of amides is 3. The molecule has 13 heteroatoms. The summed E-state index contributed by atoms with van der Waals surface area (Å²) in [4.78, 5) is 41.1. The van der Waals surface area contributed by atoms with E-state index in [2.05, 4.69) is 16.0 Å². The van der Waals surface area contributed by atoms with Gasteiger partial charge in [-0.25, -0.2) is 0 Å². The van der Waals surface area contributed by atoms with E-state index in [1.54, 1.807) is 103 Å². The first-order chi connectivity index (χ1) is 24.9. The maximum atomic E-state index is 13.8. The molecule has 1 atom stereocenters. The molecule has 3 amide bonds. The van der Waals surface area contributed by atoms with Crippen LogP contribution in [0.2, 0.25) is 5.02 Å². The number of methoxy groups -OCH3 is 2. The maximum absolute atomic E-state index is 13.8. The molecule has 3 N–H and O–H groups in total. The van der Waals surface area contributed by atoms with Gasteiger partial charge >= 0.3 is 6.18 Å². The van der Waals surface area contributed by atoms with Crippen molar-refractivity contribution in [2.45, 2.75) is 16.3 Å². The Morgan fingerprint density at radius 3 is 2.17 bits per heavy atom. The quantitative estimate of drug-likeness (QED) is 0.0869. The highest BCUT2D eigenvalue weighted by atomic mass is 35.5. The minimum absolute atomic E-state index is 0.0969. The Hall–Kier alpha value is -5.72. The van der Waals surface area contributed by atoms with Crippen LogP contribution in [-0.4, -0.2) is 31.9 Å². The van der Waals surface area contributed by atoms with Gasteiger partial charge < -0.3 is 25.4 Å². The van der Waals surface area contributed by atoms with Gasteiger partial charge in [-0.1, -0.05) is 66.2 Å². The number of anilines is 2. The Balaban J connectivity index is 1.42. The zero-order chi connectivity index (χ0) is 37.3. The number of thioether (sulfide) groups is 1. The molecule has 0 aromatic heterocycles. The number of rotatable bonds is 12. The topological polar surface area (TPSA) is 106 Å². The second-order valence-electron chi connectivity index (χ2n) is 11.1. The van der Waals surface area contributed by atoms with Gasteiger partial charge in [0, 0.05) is 32.8 Å². The molecule has 0 heterocycles. The highest BCUT2D eigenvalue weighted by Crippen LogP contribution is 2.40. The zero-order valence-corrected chi connectivity index (χ0v) is 29.2. The van der Waals surface area contributed by atoms with Crippen LogP contribution in [0.5, 0.6) is 11.5 Å². The number of ether oxygens (including phenoxy) is 2.